The largest absolute Gasteiger partial charge is 0.376 e. The van der Waals surface area contributed by atoms with Crippen molar-refractivity contribution in [2.24, 2.45) is 0 Å². The maximum absolute atomic E-state index is 13.1. The first-order chi connectivity index (χ1) is 16.7. The molecule has 1 saturated heterocycles. The Morgan fingerprint density at radius 2 is 2.18 bits per heavy atom. The number of pyridine rings is 1. The average Bonchev–Trinajstić information content (AvgIpc) is 3.54. The van der Waals surface area contributed by atoms with E-state index in [0.717, 1.165) is 16.6 Å². The lowest BCUT2D eigenvalue weighted by atomic mass is 10.1. The summed E-state index contributed by atoms with van der Waals surface area (Å²) in [5, 5.41) is 6.30. The van der Waals surface area contributed by atoms with Gasteiger partial charge in [0.15, 0.2) is 0 Å². The molecular formula is C25H27N5O3S. The molecule has 1 unspecified atom stereocenters. The number of anilines is 1. The number of hydrogen-bond acceptors (Lipinski definition) is 7. The van der Waals surface area contributed by atoms with Gasteiger partial charge in [0, 0.05) is 60.1 Å². The Morgan fingerprint density at radius 1 is 1.26 bits per heavy atom. The number of ether oxygens (including phenoxy) is 2. The van der Waals surface area contributed by atoms with Crippen LogP contribution < -0.4 is 10.2 Å². The highest BCUT2D eigenvalue weighted by Gasteiger charge is 2.22. The van der Waals surface area contributed by atoms with Crippen LogP contribution in [0.5, 0.6) is 0 Å². The lowest BCUT2D eigenvalue weighted by Gasteiger charge is -2.29. The predicted octanol–water partition coefficient (Wildman–Crippen LogP) is 3.44. The second-order valence-electron chi connectivity index (χ2n) is 8.22. The summed E-state index contributed by atoms with van der Waals surface area (Å²) in [6, 6.07) is 12.1. The first-order valence-corrected chi connectivity index (χ1v) is 12.2. The van der Waals surface area contributed by atoms with E-state index in [-0.39, 0.29) is 12.0 Å². The summed E-state index contributed by atoms with van der Waals surface area (Å²) < 4.78 is 14.5. The van der Waals surface area contributed by atoms with Gasteiger partial charge < -0.3 is 24.3 Å². The van der Waals surface area contributed by atoms with Crippen molar-refractivity contribution in [1.29, 1.82) is 0 Å². The number of carbonyl (C=O) groups is 1. The van der Waals surface area contributed by atoms with E-state index in [1.54, 1.807) is 23.9 Å². The summed E-state index contributed by atoms with van der Waals surface area (Å²) >= 11 is 1.69. The van der Waals surface area contributed by atoms with Gasteiger partial charge in [0.2, 0.25) is 0 Å². The van der Waals surface area contributed by atoms with E-state index in [9.17, 15) is 4.79 Å². The Kier molecular flexibility index (Phi) is 6.84. The van der Waals surface area contributed by atoms with E-state index in [0.29, 0.717) is 50.8 Å². The van der Waals surface area contributed by atoms with Crippen LogP contribution in [-0.4, -0.2) is 66.5 Å². The molecule has 34 heavy (non-hydrogen) atoms. The number of nitrogens with zero attached hydrogens (tertiary/aromatic N) is 4. The predicted molar refractivity (Wildman–Crippen MR) is 133 cm³/mol. The maximum atomic E-state index is 13.1. The fourth-order valence-corrected chi connectivity index (χ4v) is 5.04. The number of rotatable bonds is 8. The van der Waals surface area contributed by atoms with Gasteiger partial charge in [-0.3, -0.25) is 4.79 Å². The molecule has 0 aliphatic carbocycles. The van der Waals surface area contributed by atoms with E-state index >= 15 is 0 Å². The van der Waals surface area contributed by atoms with Crippen LogP contribution in [-0.2, 0) is 16.0 Å². The van der Waals surface area contributed by atoms with Crippen molar-refractivity contribution in [3.8, 4) is 11.3 Å². The summed E-state index contributed by atoms with van der Waals surface area (Å²) in [7, 11) is 1.94. The molecule has 4 heterocycles. The number of hydrogen-bond donors (Lipinski definition) is 1. The van der Waals surface area contributed by atoms with Gasteiger partial charge in [0.1, 0.15) is 5.82 Å². The van der Waals surface area contributed by atoms with Crippen LogP contribution in [0.25, 0.3) is 21.3 Å². The summed E-state index contributed by atoms with van der Waals surface area (Å²) in [5.74, 6) is 0.471. The van der Waals surface area contributed by atoms with Crippen LogP contribution in [0, 0.1) is 0 Å². The molecule has 1 aromatic carbocycles. The number of likely N-dealkylation sites (N-methyl/N-ethyl adjacent to an activating group) is 1. The van der Waals surface area contributed by atoms with Crippen LogP contribution in [0.4, 0.5) is 5.82 Å². The molecule has 1 aliphatic heterocycles. The highest BCUT2D eigenvalue weighted by Crippen LogP contribution is 2.34. The third kappa shape index (κ3) is 4.96. The first kappa shape index (κ1) is 22.5. The molecule has 1 atom stereocenters. The van der Waals surface area contributed by atoms with E-state index in [4.69, 9.17) is 14.5 Å². The van der Waals surface area contributed by atoms with Crippen molar-refractivity contribution in [2.45, 2.75) is 12.6 Å². The Bertz CT molecular complexity index is 1250. The van der Waals surface area contributed by atoms with Crippen molar-refractivity contribution in [3.63, 3.8) is 0 Å². The zero-order chi connectivity index (χ0) is 23.3. The van der Waals surface area contributed by atoms with Gasteiger partial charge in [-0.1, -0.05) is 18.2 Å². The standard InChI is InChI=1S/C25H27N5O3S/c1-29(14-18-15-32-12-13-33-18)24-20(25(31)27-9-11-30-10-8-26-17-30)6-7-22(28-24)21-16-34-23-5-3-2-4-19(21)23/h2-8,10,16-18H,9,11-15H2,1H3,(H,27,31). The first-order valence-electron chi connectivity index (χ1n) is 11.3. The van der Waals surface area contributed by atoms with Crippen LogP contribution in [0.1, 0.15) is 10.4 Å². The number of thiophene rings is 1. The third-order valence-electron chi connectivity index (χ3n) is 5.82. The molecule has 0 radical (unpaired) electrons. The van der Waals surface area contributed by atoms with Crippen LogP contribution in [0.3, 0.4) is 0 Å². The normalized spacial score (nSPS) is 16.0. The SMILES string of the molecule is CN(CC1COCCO1)c1nc(-c2csc3ccccc23)ccc1C(=O)NCCn1ccnc1. The van der Waals surface area contributed by atoms with Crippen molar-refractivity contribution < 1.29 is 14.3 Å². The number of benzene rings is 1. The second kappa shape index (κ2) is 10.3. The van der Waals surface area contributed by atoms with Crippen molar-refractivity contribution in [1.82, 2.24) is 19.9 Å². The fourth-order valence-electron chi connectivity index (χ4n) is 4.09. The number of imidazole rings is 1. The monoisotopic (exact) mass is 477 g/mol. The number of aromatic nitrogens is 3. The topological polar surface area (TPSA) is 81.5 Å². The smallest absolute Gasteiger partial charge is 0.255 e. The Balaban J connectivity index is 1.42. The Labute approximate surface area is 202 Å². The number of fused-ring (bicyclic) bond motifs is 1. The molecule has 4 aromatic rings. The van der Waals surface area contributed by atoms with Gasteiger partial charge in [-0.15, -0.1) is 11.3 Å². The van der Waals surface area contributed by atoms with Gasteiger partial charge in [-0.2, -0.15) is 0 Å². The fraction of sp³-hybridized carbons (Fsp3) is 0.320. The Hall–Kier alpha value is -3.27. The summed E-state index contributed by atoms with van der Waals surface area (Å²) in [6.07, 6.45) is 5.27. The molecule has 1 N–H and O–H groups in total. The van der Waals surface area contributed by atoms with Crippen LogP contribution in [0.15, 0.2) is 60.5 Å². The minimum atomic E-state index is -0.156. The zero-order valence-corrected chi connectivity index (χ0v) is 19.8. The molecule has 0 spiro atoms. The number of carbonyl (C=O) groups excluding carboxylic acids is 1. The zero-order valence-electron chi connectivity index (χ0n) is 19.0. The molecule has 8 nitrogen and oxygen atoms in total. The van der Waals surface area contributed by atoms with Crippen LogP contribution >= 0.6 is 11.3 Å². The molecular weight excluding hydrogens is 450 g/mol. The van der Waals surface area contributed by atoms with Gasteiger partial charge in [-0.25, -0.2) is 9.97 Å². The Morgan fingerprint density at radius 3 is 3.00 bits per heavy atom. The van der Waals surface area contributed by atoms with Crippen LogP contribution in [0.2, 0.25) is 0 Å². The quantitative estimate of drug-likeness (QED) is 0.419. The lowest BCUT2D eigenvalue weighted by Crippen LogP contribution is -2.39. The highest BCUT2D eigenvalue weighted by molar-refractivity contribution is 7.17. The molecule has 9 heteroatoms. The maximum Gasteiger partial charge on any atom is 0.255 e. The average molecular weight is 478 g/mol. The summed E-state index contributed by atoms with van der Waals surface area (Å²) in [4.78, 5) is 24.1. The van der Waals surface area contributed by atoms with Gasteiger partial charge in [-0.05, 0) is 18.2 Å². The minimum absolute atomic E-state index is 0.0664. The molecule has 5 rings (SSSR count). The highest BCUT2D eigenvalue weighted by atomic mass is 32.1. The number of amides is 1. The number of nitrogens with one attached hydrogen (secondary N) is 1. The van der Waals surface area contributed by atoms with Gasteiger partial charge in [0.05, 0.1) is 43.5 Å². The van der Waals surface area contributed by atoms with E-state index in [2.05, 4.69) is 27.8 Å². The molecule has 1 fully saturated rings. The van der Waals surface area contributed by atoms with Gasteiger partial charge >= 0.3 is 0 Å². The van der Waals surface area contributed by atoms with E-state index in [1.165, 1.54) is 4.70 Å². The molecule has 0 bridgehead atoms. The molecule has 0 saturated carbocycles. The van der Waals surface area contributed by atoms with E-state index < -0.39 is 0 Å². The second-order valence-corrected chi connectivity index (χ2v) is 9.13. The van der Waals surface area contributed by atoms with Gasteiger partial charge in [0.25, 0.3) is 5.91 Å². The van der Waals surface area contributed by atoms with Crippen molar-refractivity contribution in [3.05, 3.63) is 66.1 Å². The van der Waals surface area contributed by atoms with E-state index in [1.807, 2.05) is 47.0 Å². The molecule has 3 aromatic heterocycles. The summed E-state index contributed by atoms with van der Waals surface area (Å²) in [6.45, 7) is 3.45. The lowest BCUT2D eigenvalue weighted by molar-refractivity contribution is -0.0837. The summed E-state index contributed by atoms with van der Waals surface area (Å²) in [5.41, 5.74) is 2.45. The third-order valence-corrected chi connectivity index (χ3v) is 6.78. The molecule has 1 aliphatic rings. The minimum Gasteiger partial charge on any atom is -0.376 e. The molecule has 1 amide bonds. The van der Waals surface area contributed by atoms with Crippen molar-refractivity contribution in [2.75, 3.05) is 44.9 Å². The van der Waals surface area contributed by atoms with Crippen molar-refractivity contribution >= 4 is 33.1 Å². The molecule has 176 valence electrons.